The van der Waals surface area contributed by atoms with E-state index in [9.17, 15) is 0 Å². The van der Waals surface area contributed by atoms with Crippen LogP contribution in [-0.4, -0.2) is 36.9 Å². The van der Waals surface area contributed by atoms with Crippen molar-refractivity contribution in [3.8, 4) is 16.9 Å². The van der Waals surface area contributed by atoms with Crippen molar-refractivity contribution in [1.82, 2.24) is 9.47 Å². The van der Waals surface area contributed by atoms with Crippen molar-refractivity contribution in [3.05, 3.63) is 71.4 Å². The first kappa shape index (κ1) is 23.4. The molecule has 0 saturated carbocycles. The molecule has 1 aromatic heterocycles. The molecular weight excluding hydrogens is 424 g/mol. The molecule has 4 heteroatoms. The summed E-state index contributed by atoms with van der Waals surface area (Å²) in [5, 5.41) is 0. The number of benzene rings is 2. The number of nitrogens with zero attached hydrogens (tertiary/aromatic N) is 2. The highest BCUT2D eigenvalue weighted by Gasteiger charge is 2.28. The Bertz CT molecular complexity index is 1040. The Morgan fingerprint density at radius 3 is 2.12 bits per heavy atom. The smallest absolute Gasteiger partial charge is 0.0576 e. The van der Waals surface area contributed by atoms with Crippen molar-refractivity contribution in [2.45, 2.75) is 63.3 Å². The lowest BCUT2D eigenvalue weighted by molar-refractivity contribution is 0.282. The predicted octanol–water partition coefficient (Wildman–Crippen LogP) is 7.82. The minimum absolute atomic E-state index is 0.552. The van der Waals surface area contributed by atoms with Gasteiger partial charge in [0.2, 0.25) is 0 Å². The van der Waals surface area contributed by atoms with Gasteiger partial charge >= 0.3 is 0 Å². The summed E-state index contributed by atoms with van der Waals surface area (Å²) in [6.45, 7) is 15.4. The third kappa shape index (κ3) is 5.08. The molecule has 0 spiro atoms. The molecule has 1 saturated heterocycles. The molecule has 0 amide bonds. The molecule has 1 aliphatic rings. The molecule has 2 nitrogen and oxygen atoms in total. The number of thioether (sulfide) groups is 1. The third-order valence-electron chi connectivity index (χ3n) is 7.05. The molecule has 0 atom stereocenters. The maximum atomic E-state index is 2.68. The first-order chi connectivity index (χ1) is 15.3. The normalized spacial score (nSPS) is 16.6. The van der Waals surface area contributed by atoms with E-state index in [1.165, 1.54) is 63.8 Å². The molecule has 1 aliphatic heterocycles. The van der Waals surface area contributed by atoms with Gasteiger partial charge in [-0.1, -0.05) is 51.2 Å². The molecule has 32 heavy (non-hydrogen) atoms. The van der Waals surface area contributed by atoms with Gasteiger partial charge in [-0.3, -0.25) is 4.90 Å². The molecule has 3 aromatic rings. The minimum Gasteiger partial charge on any atom is -0.314 e. The molecule has 1 fully saturated rings. The lowest BCUT2D eigenvalue weighted by Gasteiger charge is -2.35. The second kappa shape index (κ2) is 9.62. The van der Waals surface area contributed by atoms with Crippen LogP contribution in [0.1, 0.15) is 36.6 Å². The van der Waals surface area contributed by atoms with Crippen LogP contribution in [0.5, 0.6) is 0 Å². The Balaban J connectivity index is 1.75. The minimum atomic E-state index is -0.960. The van der Waals surface area contributed by atoms with Crippen molar-refractivity contribution in [3.63, 3.8) is 0 Å². The molecule has 0 radical (unpaired) electrons. The monoisotopic (exact) mass is 462 g/mol. The highest BCUT2D eigenvalue weighted by Crippen LogP contribution is 2.34. The quantitative estimate of drug-likeness (QED) is 0.272. The van der Waals surface area contributed by atoms with Gasteiger partial charge < -0.3 is 4.57 Å². The first-order valence-corrected chi connectivity index (χ1v) is 16.6. The maximum Gasteiger partial charge on any atom is 0.0576 e. The van der Waals surface area contributed by atoms with Gasteiger partial charge in [0.05, 0.1) is 5.69 Å². The van der Waals surface area contributed by atoms with E-state index < -0.39 is 8.07 Å². The van der Waals surface area contributed by atoms with Crippen LogP contribution >= 0.6 is 11.8 Å². The van der Waals surface area contributed by atoms with Crippen molar-refractivity contribution in [2.24, 2.45) is 0 Å². The topological polar surface area (TPSA) is 8.17 Å². The summed E-state index contributed by atoms with van der Waals surface area (Å²) in [5.41, 5.74) is 8.08. The van der Waals surface area contributed by atoms with Crippen LogP contribution in [0.15, 0.2) is 59.5 Å². The molecule has 0 bridgehead atoms. The van der Waals surface area contributed by atoms with Crippen LogP contribution in [0.25, 0.3) is 16.9 Å². The standard InChI is InChI=1S/C28H38N2SSi/c1-21(2)23-7-11-26(12-8-23)30-22(3)19-25(20-29-15-17-32(5,6)18-16-29)28(30)24-9-13-27(31-4)14-10-24/h7-14,19,21H,15-18,20H2,1-6H3. The van der Waals surface area contributed by atoms with E-state index >= 15 is 0 Å². The lowest BCUT2D eigenvalue weighted by atomic mass is 10.0. The van der Waals surface area contributed by atoms with Gasteiger partial charge in [0.1, 0.15) is 0 Å². The lowest BCUT2D eigenvalue weighted by Crippen LogP contribution is -2.42. The third-order valence-corrected chi connectivity index (χ3v) is 10.9. The second-order valence-electron chi connectivity index (χ2n) is 10.4. The number of aryl methyl sites for hydroxylation is 1. The summed E-state index contributed by atoms with van der Waals surface area (Å²) < 4.78 is 2.47. The van der Waals surface area contributed by atoms with Gasteiger partial charge in [0, 0.05) is 30.9 Å². The summed E-state index contributed by atoms with van der Waals surface area (Å²) in [7, 11) is -0.960. The van der Waals surface area contributed by atoms with Crippen molar-refractivity contribution in [1.29, 1.82) is 0 Å². The summed E-state index contributed by atoms with van der Waals surface area (Å²) in [4.78, 5) is 3.99. The SMILES string of the molecule is CSc1ccc(-c2c(CN3CC[Si](C)(C)CC3)cc(C)n2-c2ccc(C(C)C)cc2)cc1. The Morgan fingerprint density at radius 1 is 0.938 bits per heavy atom. The van der Waals surface area contributed by atoms with Crippen LogP contribution < -0.4 is 0 Å². The molecule has 0 unspecified atom stereocenters. The van der Waals surface area contributed by atoms with Crippen molar-refractivity contribution >= 4 is 19.8 Å². The van der Waals surface area contributed by atoms with Gasteiger partial charge in [-0.25, -0.2) is 0 Å². The molecule has 0 aliphatic carbocycles. The van der Waals surface area contributed by atoms with E-state index in [0.29, 0.717) is 5.92 Å². The summed E-state index contributed by atoms with van der Waals surface area (Å²) in [5.74, 6) is 0.552. The Labute approximate surface area is 200 Å². The first-order valence-electron chi connectivity index (χ1n) is 12.0. The highest BCUT2D eigenvalue weighted by atomic mass is 32.2. The zero-order chi connectivity index (χ0) is 22.9. The van der Waals surface area contributed by atoms with Crippen LogP contribution in [0.4, 0.5) is 0 Å². The summed E-state index contributed by atoms with van der Waals surface area (Å²) in [6, 6.07) is 23.5. The average molecular weight is 463 g/mol. The fraction of sp³-hybridized carbons (Fsp3) is 0.429. The van der Waals surface area contributed by atoms with Crippen LogP contribution in [0.3, 0.4) is 0 Å². The fourth-order valence-corrected chi connectivity index (χ4v) is 7.29. The Hall–Kier alpha value is -1.75. The maximum absolute atomic E-state index is 2.68. The Kier molecular flexibility index (Phi) is 7.04. The fourth-order valence-electron chi connectivity index (χ4n) is 4.79. The number of rotatable bonds is 6. The number of hydrogen-bond donors (Lipinski definition) is 0. The number of hydrogen-bond acceptors (Lipinski definition) is 2. The van der Waals surface area contributed by atoms with E-state index in [0.717, 1.165) is 6.54 Å². The molecule has 170 valence electrons. The largest absolute Gasteiger partial charge is 0.314 e. The van der Waals surface area contributed by atoms with Gasteiger partial charge in [-0.15, -0.1) is 11.8 Å². The van der Waals surface area contributed by atoms with Crippen molar-refractivity contribution < 1.29 is 0 Å². The molecule has 0 N–H and O–H groups in total. The second-order valence-corrected chi connectivity index (χ2v) is 16.6. The van der Waals surface area contributed by atoms with Gasteiger partial charge in [0.25, 0.3) is 0 Å². The van der Waals surface area contributed by atoms with E-state index in [-0.39, 0.29) is 0 Å². The number of aromatic nitrogens is 1. The van der Waals surface area contributed by atoms with Crippen molar-refractivity contribution in [2.75, 3.05) is 19.3 Å². The molecule has 4 rings (SSSR count). The Morgan fingerprint density at radius 2 is 1.56 bits per heavy atom. The van der Waals surface area contributed by atoms with Gasteiger partial charge in [-0.05, 0) is 91.3 Å². The van der Waals surface area contributed by atoms with Crippen LogP contribution in [0.2, 0.25) is 25.2 Å². The van der Waals surface area contributed by atoms with E-state index in [2.05, 4.69) is 104 Å². The molecule has 2 heterocycles. The van der Waals surface area contributed by atoms with E-state index in [4.69, 9.17) is 0 Å². The van der Waals surface area contributed by atoms with Gasteiger partial charge in [0.15, 0.2) is 0 Å². The van der Waals surface area contributed by atoms with E-state index in [1.807, 2.05) is 0 Å². The van der Waals surface area contributed by atoms with Crippen LogP contribution in [-0.2, 0) is 6.54 Å². The zero-order valence-electron chi connectivity index (χ0n) is 20.6. The van der Waals surface area contributed by atoms with Crippen LogP contribution in [0, 0.1) is 6.92 Å². The molecular formula is C28H38N2SSi. The van der Waals surface area contributed by atoms with E-state index in [1.54, 1.807) is 11.8 Å². The average Bonchev–Trinajstić information content (AvgIpc) is 3.10. The predicted molar refractivity (Wildman–Crippen MR) is 144 cm³/mol. The summed E-state index contributed by atoms with van der Waals surface area (Å²) in [6.07, 6.45) is 2.14. The zero-order valence-corrected chi connectivity index (χ0v) is 22.4. The van der Waals surface area contributed by atoms with Gasteiger partial charge in [-0.2, -0.15) is 0 Å². The summed E-state index contributed by atoms with van der Waals surface area (Å²) >= 11 is 1.80. The highest BCUT2D eigenvalue weighted by molar-refractivity contribution is 7.98. The molecule has 2 aromatic carbocycles.